The van der Waals surface area contributed by atoms with E-state index in [9.17, 15) is 18.4 Å². The Kier molecular flexibility index (Phi) is 5.33. The van der Waals surface area contributed by atoms with Crippen LogP contribution >= 0.6 is 22.7 Å². The number of nitrogens with zero attached hydrogens (tertiary/aromatic N) is 1. The van der Waals surface area contributed by atoms with Gasteiger partial charge in [0.2, 0.25) is 0 Å². The van der Waals surface area contributed by atoms with Crippen molar-refractivity contribution in [3.8, 4) is 10.6 Å². The molecule has 2 heterocycles. The first kappa shape index (κ1) is 19.1. The van der Waals surface area contributed by atoms with Crippen LogP contribution in [0.1, 0.15) is 30.6 Å². The first-order valence-corrected chi connectivity index (χ1v) is 9.37. The fraction of sp³-hybridized carbons (Fsp3) is 0.167. The van der Waals surface area contributed by atoms with Gasteiger partial charge in [0.1, 0.15) is 26.5 Å². The van der Waals surface area contributed by atoms with Crippen LogP contribution in [0, 0.1) is 25.5 Å². The van der Waals surface area contributed by atoms with E-state index < -0.39 is 23.5 Å². The summed E-state index contributed by atoms with van der Waals surface area (Å²) in [4.78, 5) is 29.6. The Morgan fingerprint density at radius 2 is 1.81 bits per heavy atom. The van der Waals surface area contributed by atoms with Gasteiger partial charge in [-0.05, 0) is 32.0 Å². The first-order chi connectivity index (χ1) is 12.8. The molecule has 9 heteroatoms. The molecule has 0 saturated heterocycles. The van der Waals surface area contributed by atoms with Crippen molar-refractivity contribution in [2.24, 2.45) is 0 Å². The molecule has 0 spiro atoms. The standard InChI is InChI=1S/C18H14F2N2O3S2/c1-8-7-10(18(24)25-3)16(26-8)22-15(23)14-9(2)21-17(27-14)13-11(19)5-4-6-12(13)20/h4-7H,1-3H3,(H,22,23). The Labute approximate surface area is 161 Å². The number of rotatable bonds is 4. The molecule has 27 heavy (non-hydrogen) atoms. The van der Waals surface area contributed by atoms with E-state index in [-0.39, 0.29) is 21.0 Å². The second-order valence-electron chi connectivity index (χ2n) is 5.58. The number of carbonyl (C=O) groups excluding carboxylic acids is 2. The van der Waals surface area contributed by atoms with Crippen LogP contribution in [0.5, 0.6) is 0 Å². The van der Waals surface area contributed by atoms with E-state index in [1.54, 1.807) is 19.9 Å². The minimum absolute atomic E-state index is 0.0730. The molecular formula is C18H14F2N2O3S2. The molecule has 140 valence electrons. The third-order valence-electron chi connectivity index (χ3n) is 3.67. The van der Waals surface area contributed by atoms with E-state index in [0.29, 0.717) is 10.7 Å². The summed E-state index contributed by atoms with van der Waals surface area (Å²) in [6.45, 7) is 3.37. The van der Waals surface area contributed by atoms with Crippen molar-refractivity contribution in [1.29, 1.82) is 0 Å². The second kappa shape index (κ2) is 7.53. The molecule has 0 radical (unpaired) electrons. The molecule has 0 atom stereocenters. The third kappa shape index (κ3) is 3.74. The zero-order valence-electron chi connectivity index (χ0n) is 14.6. The topological polar surface area (TPSA) is 68.3 Å². The van der Waals surface area contributed by atoms with Crippen LogP contribution in [-0.2, 0) is 4.74 Å². The lowest BCUT2D eigenvalue weighted by Crippen LogP contribution is -2.13. The summed E-state index contributed by atoms with van der Waals surface area (Å²) in [7, 11) is 1.25. The van der Waals surface area contributed by atoms with Gasteiger partial charge in [0.05, 0.1) is 23.9 Å². The predicted molar refractivity (Wildman–Crippen MR) is 101 cm³/mol. The summed E-state index contributed by atoms with van der Waals surface area (Å²) in [5.41, 5.74) is 0.311. The number of halogens is 2. The largest absolute Gasteiger partial charge is 0.465 e. The number of carbonyl (C=O) groups is 2. The van der Waals surface area contributed by atoms with Crippen molar-refractivity contribution >= 4 is 39.6 Å². The van der Waals surface area contributed by atoms with Gasteiger partial charge in [-0.25, -0.2) is 18.6 Å². The quantitative estimate of drug-likeness (QED) is 0.630. The Morgan fingerprint density at radius 3 is 2.44 bits per heavy atom. The lowest BCUT2D eigenvalue weighted by molar-refractivity contribution is 0.0602. The molecule has 0 unspecified atom stereocenters. The molecule has 5 nitrogen and oxygen atoms in total. The summed E-state index contributed by atoms with van der Waals surface area (Å²) in [5, 5.41) is 3.08. The van der Waals surface area contributed by atoms with Crippen molar-refractivity contribution in [3.05, 3.63) is 56.9 Å². The van der Waals surface area contributed by atoms with Crippen LogP contribution in [0.3, 0.4) is 0 Å². The van der Waals surface area contributed by atoms with Gasteiger partial charge in [-0.2, -0.15) is 0 Å². The van der Waals surface area contributed by atoms with E-state index in [1.807, 2.05) is 0 Å². The van der Waals surface area contributed by atoms with E-state index in [4.69, 9.17) is 4.74 Å². The average molecular weight is 408 g/mol. The number of anilines is 1. The third-order valence-corrected chi connectivity index (χ3v) is 5.81. The van der Waals surface area contributed by atoms with E-state index in [2.05, 4.69) is 10.3 Å². The Bertz CT molecular complexity index is 1020. The Morgan fingerprint density at radius 1 is 1.15 bits per heavy atom. The molecular weight excluding hydrogens is 394 g/mol. The van der Waals surface area contributed by atoms with Gasteiger partial charge in [-0.1, -0.05) is 6.07 Å². The monoisotopic (exact) mass is 408 g/mol. The van der Waals surface area contributed by atoms with Gasteiger partial charge in [-0.15, -0.1) is 22.7 Å². The van der Waals surface area contributed by atoms with Crippen molar-refractivity contribution in [2.75, 3.05) is 12.4 Å². The van der Waals surface area contributed by atoms with Gasteiger partial charge < -0.3 is 10.1 Å². The Balaban J connectivity index is 1.94. The van der Waals surface area contributed by atoms with Crippen molar-refractivity contribution in [3.63, 3.8) is 0 Å². The highest BCUT2D eigenvalue weighted by Crippen LogP contribution is 2.33. The number of methoxy groups -OCH3 is 1. The summed E-state index contributed by atoms with van der Waals surface area (Å²) in [6, 6.07) is 5.14. The average Bonchev–Trinajstić information content (AvgIpc) is 3.16. The summed E-state index contributed by atoms with van der Waals surface area (Å²) in [6.07, 6.45) is 0. The van der Waals surface area contributed by atoms with Crippen LogP contribution in [0.4, 0.5) is 13.8 Å². The van der Waals surface area contributed by atoms with Crippen LogP contribution < -0.4 is 5.32 Å². The van der Waals surface area contributed by atoms with Gasteiger partial charge in [0, 0.05) is 4.88 Å². The number of ether oxygens (including phenoxy) is 1. The summed E-state index contributed by atoms with van der Waals surface area (Å²) >= 11 is 2.11. The highest BCUT2D eigenvalue weighted by atomic mass is 32.1. The van der Waals surface area contributed by atoms with E-state index in [1.165, 1.54) is 24.5 Å². The van der Waals surface area contributed by atoms with Gasteiger partial charge >= 0.3 is 5.97 Å². The fourth-order valence-corrected chi connectivity index (χ4v) is 4.35. The molecule has 3 rings (SSSR count). The van der Waals surface area contributed by atoms with Crippen molar-refractivity contribution in [1.82, 2.24) is 4.98 Å². The van der Waals surface area contributed by atoms with Gasteiger partial charge in [-0.3, -0.25) is 4.79 Å². The van der Waals surface area contributed by atoms with Crippen LogP contribution in [0.15, 0.2) is 24.3 Å². The lowest BCUT2D eigenvalue weighted by atomic mass is 10.2. The van der Waals surface area contributed by atoms with Crippen LogP contribution in [-0.4, -0.2) is 24.0 Å². The number of amides is 1. The molecule has 0 saturated carbocycles. The molecule has 3 aromatic rings. The van der Waals surface area contributed by atoms with Gasteiger partial charge in [0.25, 0.3) is 5.91 Å². The number of aromatic nitrogens is 1. The number of thiazole rings is 1. The number of nitrogens with one attached hydrogen (secondary N) is 1. The highest BCUT2D eigenvalue weighted by Gasteiger charge is 2.23. The van der Waals surface area contributed by atoms with E-state index in [0.717, 1.165) is 28.3 Å². The second-order valence-corrected chi connectivity index (χ2v) is 7.83. The number of benzene rings is 1. The molecule has 1 aromatic carbocycles. The van der Waals surface area contributed by atoms with Gasteiger partial charge in [0.15, 0.2) is 0 Å². The number of thiophene rings is 1. The minimum Gasteiger partial charge on any atom is -0.465 e. The molecule has 0 aliphatic rings. The molecule has 2 aromatic heterocycles. The Hall–Kier alpha value is -2.65. The summed E-state index contributed by atoms with van der Waals surface area (Å²) < 4.78 is 32.7. The lowest BCUT2D eigenvalue weighted by Gasteiger charge is -2.04. The molecule has 0 bridgehead atoms. The summed E-state index contributed by atoms with van der Waals surface area (Å²) in [5.74, 6) is -2.58. The SMILES string of the molecule is COC(=O)c1cc(C)sc1NC(=O)c1sc(-c2c(F)cccc2F)nc1C. The fourth-order valence-electron chi connectivity index (χ4n) is 2.44. The predicted octanol–water partition coefficient (Wildman–Crippen LogP) is 4.81. The van der Waals surface area contributed by atoms with E-state index >= 15 is 0 Å². The zero-order chi connectivity index (χ0) is 19.7. The van der Waals surface area contributed by atoms with Crippen LogP contribution in [0.25, 0.3) is 10.6 Å². The first-order valence-electron chi connectivity index (χ1n) is 7.73. The minimum atomic E-state index is -0.752. The number of hydrogen-bond acceptors (Lipinski definition) is 6. The highest BCUT2D eigenvalue weighted by molar-refractivity contribution is 7.18. The number of esters is 1. The van der Waals surface area contributed by atoms with Crippen molar-refractivity contribution < 1.29 is 23.1 Å². The molecule has 0 aliphatic heterocycles. The van der Waals surface area contributed by atoms with Crippen LogP contribution in [0.2, 0.25) is 0 Å². The number of hydrogen-bond donors (Lipinski definition) is 1. The van der Waals surface area contributed by atoms with Crippen molar-refractivity contribution in [2.45, 2.75) is 13.8 Å². The maximum atomic E-state index is 14.0. The zero-order valence-corrected chi connectivity index (χ0v) is 16.2. The normalized spacial score (nSPS) is 10.7. The number of aryl methyl sites for hydroxylation is 2. The molecule has 0 fully saturated rings. The maximum absolute atomic E-state index is 14.0. The smallest absolute Gasteiger partial charge is 0.340 e. The molecule has 1 N–H and O–H groups in total. The maximum Gasteiger partial charge on any atom is 0.340 e. The molecule has 1 amide bonds. The molecule has 0 aliphatic carbocycles.